The second-order valence-corrected chi connectivity index (χ2v) is 6.26. The first-order valence-electron chi connectivity index (χ1n) is 8.46. The van der Waals surface area contributed by atoms with Gasteiger partial charge < -0.3 is 14.6 Å². The minimum Gasteiger partial charge on any atom is -0.497 e. The number of furan rings is 1. The van der Waals surface area contributed by atoms with E-state index in [1.54, 1.807) is 18.1 Å². The van der Waals surface area contributed by atoms with E-state index in [1.165, 1.54) is 0 Å². The predicted molar refractivity (Wildman–Crippen MR) is 100 cm³/mol. The van der Waals surface area contributed by atoms with Crippen molar-refractivity contribution < 1.29 is 13.9 Å². The molecule has 27 heavy (non-hydrogen) atoms. The van der Waals surface area contributed by atoms with Gasteiger partial charge in [0.05, 0.1) is 20.1 Å². The Bertz CT molecular complexity index is 997. The Balaban J connectivity index is 1.73. The van der Waals surface area contributed by atoms with Crippen LogP contribution in [0.1, 0.15) is 16.9 Å². The van der Waals surface area contributed by atoms with Crippen LogP contribution in [0.2, 0.25) is 0 Å². The van der Waals surface area contributed by atoms with Crippen molar-refractivity contribution in [3.63, 3.8) is 0 Å². The van der Waals surface area contributed by atoms with Crippen LogP contribution in [0, 0.1) is 6.92 Å². The lowest BCUT2D eigenvalue weighted by atomic mass is 10.2. The number of nitrogens with two attached hydrogens (primary N) is 1. The van der Waals surface area contributed by atoms with Gasteiger partial charge in [0.2, 0.25) is 5.91 Å². The average Bonchev–Trinajstić information content (AvgIpc) is 3.25. The van der Waals surface area contributed by atoms with Crippen molar-refractivity contribution in [2.24, 2.45) is 5.84 Å². The first-order valence-corrected chi connectivity index (χ1v) is 8.46. The Morgan fingerprint density at radius 3 is 2.63 bits per heavy atom. The van der Waals surface area contributed by atoms with Gasteiger partial charge in [0, 0.05) is 5.56 Å². The standard InChI is InChI=1S/C19H19N5O3/c1-11-3-8-15(27-11)18-21-17(23-20)14-9-16(25)24(19(14)22-18)10-12-4-6-13(26-2)7-5-12/h3-8H,9-10,20H2,1-2H3,(H,21,22,23). The van der Waals surface area contributed by atoms with E-state index in [2.05, 4.69) is 15.4 Å². The van der Waals surface area contributed by atoms with Crippen LogP contribution in [0.15, 0.2) is 40.8 Å². The van der Waals surface area contributed by atoms with E-state index in [-0.39, 0.29) is 12.3 Å². The first kappa shape index (κ1) is 17.0. The van der Waals surface area contributed by atoms with Crippen molar-refractivity contribution in [3.8, 4) is 17.3 Å². The molecule has 138 valence electrons. The molecule has 1 amide bonds. The summed E-state index contributed by atoms with van der Waals surface area (Å²) in [6.45, 7) is 2.24. The summed E-state index contributed by atoms with van der Waals surface area (Å²) in [5.41, 5.74) is 4.23. The fourth-order valence-corrected chi connectivity index (χ4v) is 3.08. The van der Waals surface area contributed by atoms with Crippen molar-refractivity contribution >= 4 is 17.5 Å². The number of hydrazine groups is 1. The molecule has 0 atom stereocenters. The largest absolute Gasteiger partial charge is 0.497 e. The van der Waals surface area contributed by atoms with Crippen LogP contribution in [0.25, 0.3) is 11.6 Å². The fourth-order valence-electron chi connectivity index (χ4n) is 3.08. The number of ether oxygens (including phenoxy) is 1. The molecule has 1 aliphatic rings. The number of rotatable bonds is 5. The van der Waals surface area contributed by atoms with Gasteiger partial charge in [-0.15, -0.1) is 0 Å². The molecule has 0 unspecified atom stereocenters. The fraction of sp³-hybridized carbons (Fsp3) is 0.211. The lowest BCUT2D eigenvalue weighted by Gasteiger charge is -2.17. The molecule has 3 heterocycles. The van der Waals surface area contributed by atoms with Crippen LogP contribution in [0.5, 0.6) is 5.75 Å². The smallest absolute Gasteiger partial charge is 0.233 e. The zero-order valence-corrected chi connectivity index (χ0v) is 15.0. The van der Waals surface area contributed by atoms with Crippen LogP contribution in [-0.4, -0.2) is 23.0 Å². The van der Waals surface area contributed by atoms with Gasteiger partial charge in [-0.2, -0.15) is 0 Å². The van der Waals surface area contributed by atoms with Crippen LogP contribution < -0.4 is 20.9 Å². The maximum Gasteiger partial charge on any atom is 0.233 e. The summed E-state index contributed by atoms with van der Waals surface area (Å²) in [4.78, 5) is 23.3. The molecule has 2 aromatic heterocycles. The monoisotopic (exact) mass is 365 g/mol. The molecule has 0 spiro atoms. The average molecular weight is 365 g/mol. The molecule has 3 aromatic rings. The molecular formula is C19H19N5O3. The topological polar surface area (TPSA) is 107 Å². The predicted octanol–water partition coefficient (Wildman–Crippen LogP) is 2.43. The van der Waals surface area contributed by atoms with Crippen molar-refractivity contribution in [3.05, 3.63) is 53.3 Å². The Hall–Kier alpha value is -3.39. The molecular weight excluding hydrogens is 346 g/mol. The number of fused-ring (bicyclic) bond motifs is 1. The number of methoxy groups -OCH3 is 1. The van der Waals surface area contributed by atoms with Crippen LogP contribution in [0.4, 0.5) is 11.6 Å². The number of benzene rings is 1. The van der Waals surface area contributed by atoms with E-state index in [0.29, 0.717) is 35.3 Å². The summed E-state index contributed by atoms with van der Waals surface area (Å²) in [5, 5.41) is 0. The summed E-state index contributed by atoms with van der Waals surface area (Å²) in [5.74, 6) is 8.97. The van der Waals surface area contributed by atoms with Gasteiger partial charge in [0.15, 0.2) is 11.6 Å². The molecule has 0 bridgehead atoms. The van der Waals surface area contributed by atoms with Crippen molar-refractivity contribution in [2.75, 3.05) is 17.4 Å². The zero-order valence-electron chi connectivity index (χ0n) is 15.0. The SMILES string of the molecule is COc1ccc(CN2C(=O)Cc3c(NN)nc(-c4ccc(C)o4)nc32)cc1. The summed E-state index contributed by atoms with van der Waals surface area (Å²) in [6.07, 6.45) is 0.197. The van der Waals surface area contributed by atoms with Crippen LogP contribution >= 0.6 is 0 Å². The number of nitrogens with one attached hydrogen (secondary N) is 1. The van der Waals surface area contributed by atoms with E-state index in [9.17, 15) is 4.79 Å². The molecule has 1 aromatic carbocycles. The minimum atomic E-state index is -0.0561. The maximum atomic E-state index is 12.6. The maximum absolute atomic E-state index is 12.6. The minimum absolute atomic E-state index is 0.0561. The van der Waals surface area contributed by atoms with E-state index in [0.717, 1.165) is 17.1 Å². The van der Waals surface area contributed by atoms with Crippen LogP contribution in [-0.2, 0) is 17.8 Å². The quantitative estimate of drug-likeness (QED) is 0.528. The highest BCUT2D eigenvalue weighted by Crippen LogP contribution is 2.35. The van der Waals surface area contributed by atoms with Gasteiger partial charge in [-0.25, -0.2) is 15.8 Å². The number of hydrogen-bond donors (Lipinski definition) is 2. The van der Waals surface area contributed by atoms with Gasteiger partial charge in [-0.1, -0.05) is 12.1 Å². The molecule has 0 aliphatic carbocycles. The molecule has 8 heteroatoms. The highest BCUT2D eigenvalue weighted by molar-refractivity contribution is 6.02. The van der Waals surface area contributed by atoms with E-state index in [4.69, 9.17) is 15.0 Å². The van der Waals surface area contributed by atoms with Gasteiger partial charge in [0.1, 0.15) is 23.1 Å². The van der Waals surface area contributed by atoms with E-state index in [1.807, 2.05) is 37.3 Å². The third-order valence-corrected chi connectivity index (χ3v) is 4.47. The number of aromatic nitrogens is 2. The summed E-state index contributed by atoms with van der Waals surface area (Å²) in [6, 6.07) is 11.2. The van der Waals surface area contributed by atoms with Gasteiger partial charge in [-0.3, -0.25) is 9.69 Å². The normalized spacial score (nSPS) is 13.0. The number of nitrogens with zero attached hydrogens (tertiary/aromatic N) is 3. The Morgan fingerprint density at radius 1 is 1.22 bits per heavy atom. The molecule has 0 saturated carbocycles. The third kappa shape index (κ3) is 3.11. The molecule has 4 rings (SSSR count). The lowest BCUT2D eigenvalue weighted by molar-refractivity contribution is -0.117. The Morgan fingerprint density at radius 2 is 2.00 bits per heavy atom. The van der Waals surface area contributed by atoms with Crippen molar-refractivity contribution in [1.29, 1.82) is 0 Å². The van der Waals surface area contributed by atoms with Gasteiger partial charge in [0.25, 0.3) is 0 Å². The molecule has 0 saturated heterocycles. The van der Waals surface area contributed by atoms with Crippen LogP contribution in [0.3, 0.4) is 0 Å². The molecule has 0 radical (unpaired) electrons. The Kier molecular flexibility index (Phi) is 4.25. The number of carbonyl (C=O) groups excluding carboxylic acids is 1. The Labute approximate surface area is 155 Å². The second kappa shape index (κ2) is 6.73. The van der Waals surface area contributed by atoms with Gasteiger partial charge >= 0.3 is 0 Å². The summed E-state index contributed by atoms with van der Waals surface area (Å²) >= 11 is 0. The second-order valence-electron chi connectivity index (χ2n) is 6.26. The van der Waals surface area contributed by atoms with Crippen molar-refractivity contribution in [1.82, 2.24) is 9.97 Å². The lowest BCUT2D eigenvalue weighted by Crippen LogP contribution is -2.26. The third-order valence-electron chi connectivity index (χ3n) is 4.47. The number of aryl methyl sites for hydroxylation is 1. The first-order chi connectivity index (χ1) is 13.1. The number of hydrogen-bond acceptors (Lipinski definition) is 7. The highest BCUT2D eigenvalue weighted by atomic mass is 16.5. The highest BCUT2D eigenvalue weighted by Gasteiger charge is 2.33. The molecule has 3 N–H and O–H groups in total. The van der Waals surface area contributed by atoms with Gasteiger partial charge in [-0.05, 0) is 36.8 Å². The molecule has 0 fully saturated rings. The summed E-state index contributed by atoms with van der Waals surface area (Å²) < 4.78 is 10.8. The number of amides is 1. The van der Waals surface area contributed by atoms with E-state index < -0.39 is 0 Å². The van der Waals surface area contributed by atoms with E-state index >= 15 is 0 Å². The number of nitrogen functional groups attached to an aromatic ring is 1. The zero-order chi connectivity index (χ0) is 19.0. The molecule has 1 aliphatic heterocycles. The molecule has 8 nitrogen and oxygen atoms in total. The van der Waals surface area contributed by atoms with Crippen molar-refractivity contribution in [2.45, 2.75) is 19.9 Å². The summed E-state index contributed by atoms with van der Waals surface area (Å²) in [7, 11) is 1.62. The number of carbonyl (C=O) groups is 1. The number of anilines is 2.